The Morgan fingerprint density at radius 2 is 1.57 bits per heavy atom. The van der Waals surface area contributed by atoms with Crippen molar-refractivity contribution < 1.29 is 0 Å². The van der Waals surface area contributed by atoms with Crippen LogP contribution in [0.25, 0.3) is 22.4 Å². The van der Waals surface area contributed by atoms with E-state index in [1.54, 1.807) is 6.07 Å². The number of rotatable bonds is 1. The third kappa shape index (κ3) is 2.00. The second-order valence-electron chi connectivity index (χ2n) is 5.42. The molecule has 0 radical (unpaired) electrons. The second kappa shape index (κ2) is 4.74. The lowest BCUT2D eigenvalue weighted by atomic mass is 9.84. The molecule has 1 aliphatic rings. The lowest BCUT2D eigenvalue weighted by Gasteiger charge is -2.22. The summed E-state index contributed by atoms with van der Waals surface area (Å²) in [6.45, 7) is 0. The lowest BCUT2D eigenvalue weighted by molar-refractivity contribution is 0.931. The molecule has 0 amide bonds. The molecule has 2 nitrogen and oxygen atoms in total. The van der Waals surface area contributed by atoms with Gasteiger partial charge in [0, 0.05) is 6.07 Å². The van der Waals surface area contributed by atoms with E-state index in [0.29, 0.717) is 0 Å². The van der Waals surface area contributed by atoms with Gasteiger partial charge in [0.25, 0.3) is 0 Å². The summed E-state index contributed by atoms with van der Waals surface area (Å²) in [4.78, 5) is 15.1. The Bertz CT molecular complexity index is 842. The van der Waals surface area contributed by atoms with Gasteiger partial charge in [-0.15, -0.1) is 0 Å². The molecule has 2 heteroatoms. The Morgan fingerprint density at radius 1 is 0.810 bits per heavy atom. The summed E-state index contributed by atoms with van der Waals surface area (Å²) in [7, 11) is 0. The van der Waals surface area contributed by atoms with Gasteiger partial charge >= 0.3 is 0 Å². The number of nitrogens with one attached hydrogen (secondary N) is 1. The van der Waals surface area contributed by atoms with E-state index < -0.39 is 0 Å². The highest BCUT2D eigenvalue weighted by molar-refractivity contribution is 5.79. The fourth-order valence-electron chi connectivity index (χ4n) is 3.20. The normalized spacial score (nSPS) is 12.6. The zero-order valence-corrected chi connectivity index (χ0v) is 11.6. The van der Waals surface area contributed by atoms with Crippen molar-refractivity contribution in [1.29, 1.82) is 0 Å². The zero-order valence-electron chi connectivity index (χ0n) is 11.6. The first-order valence-electron chi connectivity index (χ1n) is 7.23. The summed E-state index contributed by atoms with van der Waals surface area (Å²) in [5.74, 6) is 0. The van der Waals surface area contributed by atoms with Crippen molar-refractivity contribution >= 4 is 0 Å². The highest BCUT2D eigenvalue weighted by Gasteiger charge is 2.20. The largest absolute Gasteiger partial charge is 0.322 e. The summed E-state index contributed by atoms with van der Waals surface area (Å²) < 4.78 is 0. The highest BCUT2D eigenvalue weighted by Crippen LogP contribution is 2.36. The van der Waals surface area contributed by atoms with Crippen molar-refractivity contribution in [1.82, 2.24) is 4.98 Å². The van der Waals surface area contributed by atoms with Crippen molar-refractivity contribution in [3.63, 3.8) is 0 Å². The van der Waals surface area contributed by atoms with E-state index >= 15 is 0 Å². The van der Waals surface area contributed by atoms with Gasteiger partial charge in [-0.05, 0) is 40.7 Å². The molecule has 3 aromatic rings. The summed E-state index contributed by atoms with van der Waals surface area (Å²) in [5, 5.41) is 0. The van der Waals surface area contributed by atoms with Crippen LogP contribution in [0.2, 0.25) is 0 Å². The number of aryl methyl sites for hydroxylation is 1. The molecule has 1 N–H and O–H groups in total. The fraction of sp³-hybridized carbons (Fsp3) is 0.105. The predicted octanol–water partition coefficient (Wildman–Crippen LogP) is 3.81. The van der Waals surface area contributed by atoms with Crippen LogP contribution in [0.15, 0.2) is 65.5 Å². The van der Waals surface area contributed by atoms with Crippen LogP contribution in [-0.4, -0.2) is 4.98 Å². The van der Waals surface area contributed by atoms with E-state index in [1.807, 2.05) is 36.4 Å². The minimum Gasteiger partial charge on any atom is -0.322 e. The van der Waals surface area contributed by atoms with Crippen LogP contribution < -0.4 is 5.56 Å². The minimum atomic E-state index is -0.0377. The van der Waals surface area contributed by atoms with Crippen LogP contribution in [0, 0.1) is 0 Å². The quantitative estimate of drug-likeness (QED) is 0.718. The molecule has 2 aromatic carbocycles. The molecule has 0 bridgehead atoms. The molecule has 102 valence electrons. The Balaban J connectivity index is 2.02. The van der Waals surface area contributed by atoms with Crippen LogP contribution in [0.1, 0.15) is 11.1 Å². The van der Waals surface area contributed by atoms with Crippen LogP contribution in [-0.2, 0) is 12.8 Å². The number of aromatic amines is 1. The van der Waals surface area contributed by atoms with E-state index in [4.69, 9.17) is 0 Å². The van der Waals surface area contributed by atoms with Gasteiger partial charge in [-0.2, -0.15) is 0 Å². The van der Waals surface area contributed by atoms with Crippen LogP contribution in [0.4, 0.5) is 0 Å². The molecule has 0 atom stereocenters. The van der Waals surface area contributed by atoms with Gasteiger partial charge in [-0.3, -0.25) is 4.79 Å². The fourth-order valence-corrected chi connectivity index (χ4v) is 3.20. The first-order valence-corrected chi connectivity index (χ1v) is 7.23. The van der Waals surface area contributed by atoms with Crippen molar-refractivity contribution in [2.45, 2.75) is 12.8 Å². The standard InChI is InChI=1S/C19H15NO/c21-18-12-17-15-9-5-4-6-13(15)10-11-16(17)19(20-18)14-7-2-1-3-8-14/h1-9,12H,10-11H2,(H,20,21). The molecule has 21 heavy (non-hydrogen) atoms. The second-order valence-corrected chi connectivity index (χ2v) is 5.42. The first kappa shape index (κ1) is 12.2. The number of hydrogen-bond donors (Lipinski definition) is 1. The maximum absolute atomic E-state index is 12.1. The van der Waals surface area contributed by atoms with Gasteiger partial charge in [-0.1, -0.05) is 54.6 Å². The van der Waals surface area contributed by atoms with Gasteiger partial charge in [0.05, 0.1) is 5.69 Å². The minimum absolute atomic E-state index is 0.0377. The molecular formula is C19H15NO. The molecule has 1 aromatic heterocycles. The number of aromatic nitrogens is 1. The number of fused-ring (bicyclic) bond motifs is 3. The monoisotopic (exact) mass is 273 g/mol. The third-order valence-electron chi connectivity index (χ3n) is 4.16. The topological polar surface area (TPSA) is 32.9 Å². The van der Waals surface area contributed by atoms with Crippen molar-refractivity contribution in [2.24, 2.45) is 0 Å². The molecule has 0 unspecified atom stereocenters. The summed E-state index contributed by atoms with van der Waals surface area (Å²) in [5.41, 5.74) is 6.86. The number of benzene rings is 2. The first-order chi connectivity index (χ1) is 10.3. The molecule has 0 saturated carbocycles. The maximum atomic E-state index is 12.1. The van der Waals surface area contributed by atoms with Crippen molar-refractivity contribution in [3.8, 4) is 22.4 Å². The van der Waals surface area contributed by atoms with Crippen LogP contribution >= 0.6 is 0 Å². The van der Waals surface area contributed by atoms with E-state index in [2.05, 4.69) is 23.2 Å². The number of H-pyrrole nitrogens is 1. The van der Waals surface area contributed by atoms with Gasteiger partial charge in [0.15, 0.2) is 0 Å². The predicted molar refractivity (Wildman–Crippen MR) is 85.3 cm³/mol. The third-order valence-corrected chi connectivity index (χ3v) is 4.16. The van der Waals surface area contributed by atoms with Gasteiger partial charge in [0.1, 0.15) is 0 Å². The molecule has 1 aliphatic carbocycles. The maximum Gasteiger partial charge on any atom is 0.249 e. The Labute approximate surface area is 123 Å². The Hall–Kier alpha value is -2.61. The SMILES string of the molecule is O=c1cc2c(c(-c3ccccc3)[nH]1)CCc1ccccc1-2. The van der Waals surface area contributed by atoms with Crippen molar-refractivity contribution in [3.05, 3.63) is 82.1 Å². The van der Waals surface area contributed by atoms with Crippen molar-refractivity contribution in [2.75, 3.05) is 0 Å². The summed E-state index contributed by atoms with van der Waals surface area (Å²) in [6, 6.07) is 20.2. The molecule has 0 spiro atoms. The molecule has 1 heterocycles. The Kier molecular flexibility index (Phi) is 2.74. The van der Waals surface area contributed by atoms with E-state index in [0.717, 1.165) is 29.7 Å². The molecule has 0 saturated heterocycles. The number of pyridine rings is 1. The molecule has 0 fully saturated rings. The van der Waals surface area contributed by atoms with E-state index in [1.165, 1.54) is 16.7 Å². The van der Waals surface area contributed by atoms with Crippen LogP contribution in [0.3, 0.4) is 0 Å². The smallest absolute Gasteiger partial charge is 0.249 e. The van der Waals surface area contributed by atoms with Gasteiger partial charge in [0.2, 0.25) is 5.56 Å². The molecule has 0 aliphatic heterocycles. The van der Waals surface area contributed by atoms with Gasteiger partial charge in [-0.25, -0.2) is 0 Å². The zero-order chi connectivity index (χ0) is 14.2. The Morgan fingerprint density at radius 3 is 2.43 bits per heavy atom. The molecule has 4 rings (SSSR count). The average molecular weight is 273 g/mol. The number of hydrogen-bond acceptors (Lipinski definition) is 1. The van der Waals surface area contributed by atoms with Crippen LogP contribution in [0.5, 0.6) is 0 Å². The average Bonchev–Trinajstić information content (AvgIpc) is 2.55. The highest BCUT2D eigenvalue weighted by atomic mass is 16.1. The van der Waals surface area contributed by atoms with Gasteiger partial charge < -0.3 is 4.98 Å². The summed E-state index contributed by atoms with van der Waals surface area (Å²) >= 11 is 0. The summed E-state index contributed by atoms with van der Waals surface area (Å²) in [6.07, 6.45) is 1.99. The lowest BCUT2D eigenvalue weighted by Crippen LogP contribution is -2.14. The van der Waals surface area contributed by atoms with E-state index in [-0.39, 0.29) is 5.56 Å². The molecular weight excluding hydrogens is 258 g/mol. The van der Waals surface area contributed by atoms with E-state index in [9.17, 15) is 4.79 Å².